The standard InChI is InChI=1S/C19H23ClN2O/c20-16-6-7-18-17(12-16)15(13-21-18)8-10-22-11-9-19(23-22)14-4-2-1-3-5-14/h6-7,9,12-14,21H,1-5,8,10-11H2. The van der Waals surface area contributed by atoms with E-state index in [1.54, 1.807) is 0 Å². The highest BCUT2D eigenvalue weighted by atomic mass is 35.5. The SMILES string of the molecule is Clc1ccc2[nH]cc(CCN3CC=C(C4CCCCC4)O3)c2c1. The van der Waals surface area contributed by atoms with E-state index in [4.69, 9.17) is 16.4 Å². The predicted octanol–water partition coefficient (Wildman–Crippen LogP) is 5.08. The molecule has 0 bridgehead atoms. The van der Waals surface area contributed by atoms with E-state index in [0.29, 0.717) is 5.92 Å². The van der Waals surface area contributed by atoms with E-state index >= 15 is 0 Å². The molecule has 0 atom stereocenters. The van der Waals surface area contributed by atoms with Crippen molar-refractivity contribution >= 4 is 22.5 Å². The maximum atomic E-state index is 6.12. The van der Waals surface area contributed by atoms with Crippen molar-refractivity contribution < 1.29 is 4.84 Å². The molecule has 1 aromatic carbocycles. The van der Waals surface area contributed by atoms with Crippen LogP contribution < -0.4 is 0 Å². The molecule has 0 amide bonds. The van der Waals surface area contributed by atoms with Gasteiger partial charge in [0.05, 0.1) is 6.54 Å². The van der Waals surface area contributed by atoms with E-state index in [1.807, 2.05) is 18.2 Å². The zero-order valence-electron chi connectivity index (χ0n) is 13.4. The molecule has 0 saturated heterocycles. The van der Waals surface area contributed by atoms with Crippen molar-refractivity contribution in [2.75, 3.05) is 13.1 Å². The van der Waals surface area contributed by atoms with Gasteiger partial charge in [-0.1, -0.05) is 30.9 Å². The number of hydroxylamine groups is 2. The van der Waals surface area contributed by atoms with Gasteiger partial charge < -0.3 is 9.82 Å². The van der Waals surface area contributed by atoms with Crippen molar-refractivity contribution in [2.45, 2.75) is 38.5 Å². The quantitative estimate of drug-likeness (QED) is 0.847. The number of aromatic amines is 1. The summed E-state index contributed by atoms with van der Waals surface area (Å²) in [6, 6.07) is 6.00. The first-order valence-electron chi connectivity index (χ1n) is 8.68. The van der Waals surface area contributed by atoms with Gasteiger partial charge in [0.15, 0.2) is 0 Å². The highest BCUT2D eigenvalue weighted by molar-refractivity contribution is 6.31. The van der Waals surface area contributed by atoms with Crippen molar-refractivity contribution in [3.05, 3.63) is 46.8 Å². The van der Waals surface area contributed by atoms with Crippen molar-refractivity contribution in [2.24, 2.45) is 5.92 Å². The summed E-state index contributed by atoms with van der Waals surface area (Å²) in [5.41, 5.74) is 2.45. The number of nitrogens with one attached hydrogen (secondary N) is 1. The molecule has 1 N–H and O–H groups in total. The van der Waals surface area contributed by atoms with Crippen LogP contribution in [0.3, 0.4) is 0 Å². The average molecular weight is 331 g/mol. The van der Waals surface area contributed by atoms with Crippen LogP contribution in [0.1, 0.15) is 37.7 Å². The summed E-state index contributed by atoms with van der Waals surface area (Å²) in [5, 5.41) is 4.10. The van der Waals surface area contributed by atoms with Crippen LogP contribution in [0.15, 0.2) is 36.2 Å². The molecule has 1 fully saturated rings. The molecular weight excluding hydrogens is 308 g/mol. The smallest absolute Gasteiger partial charge is 0.125 e. The fraction of sp³-hybridized carbons (Fsp3) is 0.474. The number of aromatic nitrogens is 1. The molecule has 3 nitrogen and oxygen atoms in total. The maximum absolute atomic E-state index is 6.12. The first-order chi connectivity index (χ1) is 11.3. The van der Waals surface area contributed by atoms with Gasteiger partial charge in [0.25, 0.3) is 0 Å². The predicted molar refractivity (Wildman–Crippen MR) is 94.3 cm³/mol. The van der Waals surface area contributed by atoms with E-state index < -0.39 is 0 Å². The number of benzene rings is 1. The zero-order chi connectivity index (χ0) is 15.6. The van der Waals surface area contributed by atoms with Crippen LogP contribution in [0.5, 0.6) is 0 Å². The summed E-state index contributed by atoms with van der Waals surface area (Å²) >= 11 is 6.12. The van der Waals surface area contributed by atoms with Crippen LogP contribution >= 0.6 is 11.6 Å². The molecular formula is C19H23ClN2O. The van der Waals surface area contributed by atoms with Gasteiger partial charge in [-0.05, 0) is 49.1 Å². The molecule has 2 aliphatic rings. The van der Waals surface area contributed by atoms with E-state index in [1.165, 1.54) is 48.8 Å². The molecule has 23 heavy (non-hydrogen) atoms. The lowest BCUT2D eigenvalue weighted by atomic mass is 9.88. The second-order valence-electron chi connectivity index (χ2n) is 6.67. The van der Waals surface area contributed by atoms with Crippen LogP contribution in [0, 0.1) is 5.92 Å². The van der Waals surface area contributed by atoms with Crippen LogP contribution in [0.4, 0.5) is 0 Å². The fourth-order valence-corrected chi connectivity index (χ4v) is 3.96. The van der Waals surface area contributed by atoms with Crippen LogP contribution in [0.2, 0.25) is 5.02 Å². The molecule has 2 aromatic rings. The molecule has 4 heteroatoms. The zero-order valence-corrected chi connectivity index (χ0v) is 14.1. The molecule has 1 aliphatic carbocycles. The minimum Gasteiger partial charge on any atom is -0.410 e. The number of rotatable bonds is 4. The van der Waals surface area contributed by atoms with Gasteiger partial charge in [-0.3, -0.25) is 0 Å². The number of H-pyrrole nitrogens is 1. The highest BCUT2D eigenvalue weighted by Gasteiger charge is 2.25. The first-order valence-corrected chi connectivity index (χ1v) is 9.06. The van der Waals surface area contributed by atoms with Gasteiger partial charge in [-0.2, -0.15) is 0 Å². The Bertz CT molecular complexity index is 715. The molecule has 2 heterocycles. The summed E-state index contributed by atoms with van der Waals surface area (Å²) in [5.74, 6) is 1.87. The third-order valence-electron chi connectivity index (χ3n) is 5.10. The fourth-order valence-electron chi connectivity index (χ4n) is 3.78. The van der Waals surface area contributed by atoms with Crippen molar-refractivity contribution in [3.8, 4) is 0 Å². The lowest BCUT2D eigenvalue weighted by Gasteiger charge is -2.24. The Morgan fingerprint density at radius 3 is 2.96 bits per heavy atom. The van der Waals surface area contributed by atoms with E-state index in [9.17, 15) is 0 Å². The van der Waals surface area contributed by atoms with Gasteiger partial charge in [0.2, 0.25) is 0 Å². The number of halogens is 1. The molecule has 122 valence electrons. The van der Waals surface area contributed by atoms with Crippen LogP contribution in [-0.4, -0.2) is 23.1 Å². The van der Waals surface area contributed by atoms with Gasteiger partial charge in [0, 0.05) is 34.6 Å². The Morgan fingerprint density at radius 2 is 2.09 bits per heavy atom. The lowest BCUT2D eigenvalue weighted by molar-refractivity contribution is -0.101. The van der Waals surface area contributed by atoms with Crippen LogP contribution in [0.25, 0.3) is 10.9 Å². The third-order valence-corrected chi connectivity index (χ3v) is 5.33. The van der Waals surface area contributed by atoms with Gasteiger partial charge in [0.1, 0.15) is 5.76 Å². The first kappa shape index (κ1) is 15.1. The third kappa shape index (κ3) is 3.26. The summed E-state index contributed by atoms with van der Waals surface area (Å²) < 4.78 is 0. The van der Waals surface area contributed by atoms with Gasteiger partial charge in [-0.25, -0.2) is 0 Å². The maximum Gasteiger partial charge on any atom is 0.125 e. The number of fused-ring (bicyclic) bond motifs is 1. The van der Waals surface area contributed by atoms with Crippen molar-refractivity contribution in [3.63, 3.8) is 0 Å². The number of hydrogen-bond donors (Lipinski definition) is 1. The Hall–Kier alpha value is -1.45. The Kier molecular flexibility index (Phi) is 4.32. The van der Waals surface area contributed by atoms with E-state index in [2.05, 4.69) is 22.3 Å². The minimum atomic E-state index is 0.653. The topological polar surface area (TPSA) is 28.3 Å². The Labute approximate surface area is 142 Å². The molecule has 4 rings (SSSR count). The average Bonchev–Trinajstić information content (AvgIpc) is 3.20. The minimum absolute atomic E-state index is 0.653. The van der Waals surface area contributed by atoms with Gasteiger partial charge in [-0.15, -0.1) is 5.06 Å². The van der Waals surface area contributed by atoms with Crippen LogP contribution in [-0.2, 0) is 11.3 Å². The summed E-state index contributed by atoms with van der Waals surface area (Å²) in [4.78, 5) is 9.41. The molecule has 1 aliphatic heterocycles. The normalized spacial score (nSPS) is 20.0. The summed E-state index contributed by atoms with van der Waals surface area (Å²) in [6.45, 7) is 1.82. The molecule has 0 spiro atoms. The van der Waals surface area contributed by atoms with E-state index in [0.717, 1.165) is 30.0 Å². The summed E-state index contributed by atoms with van der Waals surface area (Å²) in [7, 11) is 0. The number of allylic oxidation sites excluding steroid dienone is 1. The molecule has 0 unspecified atom stereocenters. The largest absolute Gasteiger partial charge is 0.410 e. The highest BCUT2D eigenvalue weighted by Crippen LogP contribution is 2.33. The Balaban J connectivity index is 1.35. The van der Waals surface area contributed by atoms with E-state index in [-0.39, 0.29) is 0 Å². The summed E-state index contributed by atoms with van der Waals surface area (Å²) in [6.07, 6.45) is 12.0. The monoisotopic (exact) mass is 330 g/mol. The van der Waals surface area contributed by atoms with Gasteiger partial charge >= 0.3 is 0 Å². The second kappa shape index (κ2) is 6.58. The Morgan fingerprint density at radius 1 is 1.22 bits per heavy atom. The van der Waals surface area contributed by atoms with Crippen molar-refractivity contribution in [1.82, 2.24) is 10.0 Å². The number of nitrogens with zero attached hydrogens (tertiary/aromatic N) is 1. The second-order valence-corrected chi connectivity index (χ2v) is 7.11. The molecule has 1 aromatic heterocycles. The number of hydrogen-bond acceptors (Lipinski definition) is 2. The molecule has 1 saturated carbocycles. The molecule has 0 radical (unpaired) electrons. The lowest BCUT2D eigenvalue weighted by Crippen LogP contribution is -2.23. The van der Waals surface area contributed by atoms with Crippen molar-refractivity contribution in [1.29, 1.82) is 0 Å².